The van der Waals surface area contributed by atoms with Gasteiger partial charge in [-0.05, 0) is 18.9 Å². The molecule has 0 atom stereocenters. The first-order valence-electron chi connectivity index (χ1n) is 3.07. The fourth-order valence-electron chi connectivity index (χ4n) is 0.879. The molecule has 0 unspecified atom stereocenters. The zero-order valence-electron chi connectivity index (χ0n) is 5.45. The zero-order valence-corrected chi connectivity index (χ0v) is 6.20. The standard InChI is InChI=1S/C7H10ClN/c1-9-7-5-3-2-4-6(7)8/h2,4,9H,3,5H2,1H3. The van der Waals surface area contributed by atoms with Crippen LogP contribution in [0.25, 0.3) is 0 Å². The molecule has 1 aliphatic rings. The van der Waals surface area contributed by atoms with E-state index in [1.165, 1.54) is 0 Å². The third-order valence-corrected chi connectivity index (χ3v) is 1.77. The molecule has 0 amide bonds. The van der Waals surface area contributed by atoms with Gasteiger partial charge in [0, 0.05) is 12.7 Å². The molecule has 2 heteroatoms. The Labute approximate surface area is 60.4 Å². The van der Waals surface area contributed by atoms with Crippen LogP contribution < -0.4 is 5.32 Å². The zero-order chi connectivity index (χ0) is 6.69. The topological polar surface area (TPSA) is 12.0 Å². The molecule has 9 heavy (non-hydrogen) atoms. The van der Waals surface area contributed by atoms with Crippen molar-refractivity contribution < 1.29 is 0 Å². The molecular weight excluding hydrogens is 134 g/mol. The Bertz CT molecular complexity index is 158. The molecule has 0 aliphatic heterocycles. The number of rotatable bonds is 1. The van der Waals surface area contributed by atoms with Crippen LogP contribution in [-0.4, -0.2) is 7.05 Å². The molecule has 0 saturated carbocycles. The molecule has 1 N–H and O–H groups in total. The van der Waals surface area contributed by atoms with Crippen molar-refractivity contribution in [1.29, 1.82) is 0 Å². The number of nitrogens with one attached hydrogen (secondary N) is 1. The largest absolute Gasteiger partial charge is 0.390 e. The van der Waals surface area contributed by atoms with Crippen LogP contribution in [0.5, 0.6) is 0 Å². The summed E-state index contributed by atoms with van der Waals surface area (Å²) in [6.45, 7) is 0. The van der Waals surface area contributed by atoms with E-state index >= 15 is 0 Å². The lowest BCUT2D eigenvalue weighted by molar-refractivity contribution is 0.836. The Balaban J connectivity index is 2.72. The first-order valence-corrected chi connectivity index (χ1v) is 3.45. The SMILES string of the molecule is CNC1=C(Cl)C=CCC1. The minimum Gasteiger partial charge on any atom is -0.390 e. The van der Waals surface area contributed by atoms with E-state index in [1.54, 1.807) is 0 Å². The molecule has 0 spiro atoms. The fourth-order valence-corrected chi connectivity index (χ4v) is 1.16. The molecule has 0 saturated heterocycles. The van der Waals surface area contributed by atoms with Crippen LogP contribution in [0.2, 0.25) is 0 Å². The van der Waals surface area contributed by atoms with Gasteiger partial charge < -0.3 is 5.32 Å². The fraction of sp³-hybridized carbons (Fsp3) is 0.429. The summed E-state index contributed by atoms with van der Waals surface area (Å²) >= 11 is 5.81. The van der Waals surface area contributed by atoms with Crippen molar-refractivity contribution in [1.82, 2.24) is 5.32 Å². The summed E-state index contributed by atoms with van der Waals surface area (Å²) in [5, 5.41) is 3.90. The summed E-state index contributed by atoms with van der Waals surface area (Å²) in [4.78, 5) is 0. The number of hydrogen-bond donors (Lipinski definition) is 1. The van der Waals surface area contributed by atoms with Gasteiger partial charge in [-0.2, -0.15) is 0 Å². The van der Waals surface area contributed by atoms with E-state index in [1.807, 2.05) is 13.1 Å². The molecular formula is C7H10ClN. The van der Waals surface area contributed by atoms with Gasteiger partial charge in [-0.1, -0.05) is 17.7 Å². The second-order valence-corrected chi connectivity index (χ2v) is 2.42. The molecule has 0 aromatic rings. The van der Waals surface area contributed by atoms with E-state index in [0.29, 0.717) is 0 Å². The maximum Gasteiger partial charge on any atom is 0.0592 e. The van der Waals surface area contributed by atoms with Gasteiger partial charge in [0.05, 0.1) is 5.03 Å². The van der Waals surface area contributed by atoms with Crippen LogP contribution in [0.4, 0.5) is 0 Å². The Kier molecular flexibility index (Phi) is 2.17. The Hall–Kier alpha value is -0.430. The van der Waals surface area contributed by atoms with Crippen LogP contribution in [0.1, 0.15) is 12.8 Å². The molecule has 0 radical (unpaired) electrons. The van der Waals surface area contributed by atoms with Crippen LogP contribution >= 0.6 is 11.6 Å². The highest BCUT2D eigenvalue weighted by Crippen LogP contribution is 2.18. The Morgan fingerprint density at radius 3 is 2.89 bits per heavy atom. The number of halogens is 1. The van der Waals surface area contributed by atoms with Crippen molar-refractivity contribution in [3.05, 3.63) is 22.9 Å². The summed E-state index contributed by atoms with van der Waals surface area (Å²) in [5.41, 5.74) is 1.15. The summed E-state index contributed by atoms with van der Waals surface area (Å²) in [7, 11) is 1.90. The van der Waals surface area contributed by atoms with Crippen LogP contribution in [-0.2, 0) is 0 Å². The molecule has 1 aliphatic carbocycles. The number of allylic oxidation sites excluding steroid dienone is 4. The molecule has 0 bridgehead atoms. The highest BCUT2D eigenvalue weighted by atomic mass is 35.5. The average Bonchev–Trinajstić information content (AvgIpc) is 1.89. The van der Waals surface area contributed by atoms with Gasteiger partial charge in [0.25, 0.3) is 0 Å². The van der Waals surface area contributed by atoms with Gasteiger partial charge in [-0.15, -0.1) is 0 Å². The molecule has 1 rings (SSSR count). The van der Waals surface area contributed by atoms with Gasteiger partial charge in [0.15, 0.2) is 0 Å². The first kappa shape index (κ1) is 6.69. The summed E-state index contributed by atoms with van der Waals surface area (Å²) in [6.07, 6.45) is 6.18. The van der Waals surface area contributed by atoms with E-state index in [-0.39, 0.29) is 0 Å². The van der Waals surface area contributed by atoms with Gasteiger partial charge in [0.2, 0.25) is 0 Å². The van der Waals surface area contributed by atoms with E-state index in [0.717, 1.165) is 23.6 Å². The van der Waals surface area contributed by atoms with Crippen molar-refractivity contribution >= 4 is 11.6 Å². The van der Waals surface area contributed by atoms with Crippen LogP contribution in [0.15, 0.2) is 22.9 Å². The maximum atomic E-state index is 5.81. The van der Waals surface area contributed by atoms with Crippen molar-refractivity contribution in [3.63, 3.8) is 0 Å². The number of hydrogen-bond acceptors (Lipinski definition) is 1. The first-order chi connectivity index (χ1) is 4.34. The summed E-state index contributed by atoms with van der Waals surface area (Å²) in [5.74, 6) is 0. The Morgan fingerprint density at radius 1 is 1.67 bits per heavy atom. The summed E-state index contributed by atoms with van der Waals surface area (Å²) < 4.78 is 0. The van der Waals surface area contributed by atoms with E-state index in [9.17, 15) is 0 Å². The lowest BCUT2D eigenvalue weighted by Crippen LogP contribution is -2.08. The minimum absolute atomic E-state index is 0.851. The smallest absolute Gasteiger partial charge is 0.0592 e. The third-order valence-electron chi connectivity index (χ3n) is 1.42. The van der Waals surface area contributed by atoms with Crippen molar-refractivity contribution in [2.75, 3.05) is 7.05 Å². The predicted octanol–water partition coefficient (Wildman–Crippen LogP) is 2.01. The van der Waals surface area contributed by atoms with Gasteiger partial charge >= 0.3 is 0 Å². The Morgan fingerprint density at radius 2 is 2.44 bits per heavy atom. The van der Waals surface area contributed by atoms with Crippen molar-refractivity contribution in [2.24, 2.45) is 0 Å². The van der Waals surface area contributed by atoms with Crippen molar-refractivity contribution in [3.8, 4) is 0 Å². The predicted molar refractivity (Wildman–Crippen MR) is 40.3 cm³/mol. The average molecular weight is 144 g/mol. The molecule has 50 valence electrons. The molecule has 0 aromatic carbocycles. The highest BCUT2D eigenvalue weighted by molar-refractivity contribution is 6.31. The van der Waals surface area contributed by atoms with E-state index in [4.69, 9.17) is 11.6 Å². The molecule has 0 aromatic heterocycles. The monoisotopic (exact) mass is 143 g/mol. The normalized spacial score (nSPS) is 18.4. The second-order valence-electron chi connectivity index (χ2n) is 2.02. The summed E-state index contributed by atoms with van der Waals surface area (Å²) in [6, 6.07) is 0. The van der Waals surface area contributed by atoms with E-state index < -0.39 is 0 Å². The lowest BCUT2D eigenvalue weighted by atomic mass is 10.1. The second kappa shape index (κ2) is 2.92. The van der Waals surface area contributed by atoms with Crippen molar-refractivity contribution in [2.45, 2.75) is 12.8 Å². The van der Waals surface area contributed by atoms with Crippen LogP contribution in [0, 0.1) is 0 Å². The quantitative estimate of drug-likeness (QED) is 0.592. The maximum absolute atomic E-state index is 5.81. The molecule has 0 heterocycles. The lowest BCUT2D eigenvalue weighted by Gasteiger charge is -2.09. The highest BCUT2D eigenvalue weighted by Gasteiger charge is 2.02. The van der Waals surface area contributed by atoms with E-state index in [2.05, 4.69) is 11.4 Å². The van der Waals surface area contributed by atoms with Crippen LogP contribution in [0.3, 0.4) is 0 Å². The molecule has 0 fully saturated rings. The van der Waals surface area contributed by atoms with Gasteiger partial charge in [-0.25, -0.2) is 0 Å². The minimum atomic E-state index is 0.851. The van der Waals surface area contributed by atoms with Gasteiger partial charge in [0.1, 0.15) is 0 Å². The van der Waals surface area contributed by atoms with Gasteiger partial charge in [-0.3, -0.25) is 0 Å². The molecule has 1 nitrogen and oxygen atoms in total. The third kappa shape index (κ3) is 1.49.